The van der Waals surface area contributed by atoms with Crippen LogP contribution in [0.1, 0.15) is 24.2 Å². The average molecular weight is 255 g/mol. The van der Waals surface area contributed by atoms with Crippen LogP contribution >= 0.6 is 0 Å². The number of nitrogens with one attached hydrogen (secondary N) is 1. The Balaban J connectivity index is 2.80. The smallest absolute Gasteiger partial charge is 0.255 e. The number of carbonyl (C=O) groups is 1. The van der Waals surface area contributed by atoms with E-state index in [0.717, 1.165) is 12.1 Å². The van der Waals surface area contributed by atoms with Gasteiger partial charge < -0.3 is 15.2 Å². The van der Waals surface area contributed by atoms with E-state index < -0.39 is 11.7 Å². The minimum Gasteiger partial charge on any atom is -0.507 e. The standard InChI is InChI=1S/C13H18FNO3/c1-8(2)11(7-18-3)15-13(17)10-5-4-9(14)6-12(10)16/h4-6,8,11,16H,7H2,1-3H3,(H,15,17). The zero-order valence-corrected chi connectivity index (χ0v) is 10.7. The average Bonchev–Trinajstić information content (AvgIpc) is 2.27. The van der Waals surface area contributed by atoms with Gasteiger partial charge in [-0.2, -0.15) is 0 Å². The molecule has 0 spiro atoms. The summed E-state index contributed by atoms with van der Waals surface area (Å²) in [6.45, 7) is 4.29. The molecule has 0 saturated heterocycles. The molecule has 2 N–H and O–H groups in total. The monoisotopic (exact) mass is 255 g/mol. The molecule has 1 amide bonds. The van der Waals surface area contributed by atoms with Gasteiger partial charge in [0.05, 0.1) is 18.2 Å². The van der Waals surface area contributed by atoms with Crippen LogP contribution in [0, 0.1) is 11.7 Å². The second-order valence-electron chi connectivity index (χ2n) is 4.44. The van der Waals surface area contributed by atoms with Gasteiger partial charge in [-0.3, -0.25) is 4.79 Å². The van der Waals surface area contributed by atoms with Crippen LogP contribution in [0.25, 0.3) is 0 Å². The maximum absolute atomic E-state index is 12.8. The van der Waals surface area contributed by atoms with Crippen LogP contribution in [0.3, 0.4) is 0 Å². The first-order valence-electron chi connectivity index (χ1n) is 5.74. The lowest BCUT2D eigenvalue weighted by Crippen LogP contribution is -2.41. The Morgan fingerprint density at radius 2 is 2.17 bits per heavy atom. The van der Waals surface area contributed by atoms with E-state index in [-0.39, 0.29) is 23.3 Å². The summed E-state index contributed by atoms with van der Waals surface area (Å²) in [4.78, 5) is 11.9. The minimum atomic E-state index is -0.582. The number of ether oxygens (including phenoxy) is 1. The van der Waals surface area contributed by atoms with Gasteiger partial charge in [-0.25, -0.2) is 4.39 Å². The third kappa shape index (κ3) is 3.70. The third-order valence-electron chi connectivity index (χ3n) is 2.67. The van der Waals surface area contributed by atoms with E-state index in [4.69, 9.17) is 4.74 Å². The summed E-state index contributed by atoms with van der Waals surface area (Å²) in [6, 6.07) is 3.14. The van der Waals surface area contributed by atoms with E-state index in [1.54, 1.807) is 7.11 Å². The molecule has 1 aromatic rings. The van der Waals surface area contributed by atoms with Crippen molar-refractivity contribution < 1.29 is 19.0 Å². The van der Waals surface area contributed by atoms with E-state index in [0.29, 0.717) is 6.61 Å². The first kappa shape index (κ1) is 14.4. The number of benzene rings is 1. The van der Waals surface area contributed by atoms with Crippen molar-refractivity contribution in [2.75, 3.05) is 13.7 Å². The Kier molecular flexibility index (Phi) is 5.09. The van der Waals surface area contributed by atoms with Gasteiger partial charge in [0.25, 0.3) is 5.91 Å². The quantitative estimate of drug-likeness (QED) is 0.845. The summed E-state index contributed by atoms with van der Waals surface area (Å²) in [6.07, 6.45) is 0. The van der Waals surface area contributed by atoms with Gasteiger partial charge in [-0.05, 0) is 18.1 Å². The molecule has 100 valence electrons. The van der Waals surface area contributed by atoms with Crippen LogP contribution < -0.4 is 5.32 Å². The van der Waals surface area contributed by atoms with Gasteiger partial charge in [0.2, 0.25) is 0 Å². The number of hydrogen-bond acceptors (Lipinski definition) is 3. The first-order chi connectivity index (χ1) is 8.45. The Hall–Kier alpha value is -1.62. The summed E-state index contributed by atoms with van der Waals surface area (Å²) in [5.74, 6) is -1.20. The zero-order chi connectivity index (χ0) is 13.7. The molecule has 5 heteroatoms. The van der Waals surface area contributed by atoms with Crippen molar-refractivity contribution in [1.29, 1.82) is 0 Å². The molecule has 1 aromatic carbocycles. The van der Waals surface area contributed by atoms with Gasteiger partial charge in [-0.15, -0.1) is 0 Å². The van der Waals surface area contributed by atoms with Crippen molar-refractivity contribution in [2.24, 2.45) is 5.92 Å². The molecule has 0 saturated carbocycles. The van der Waals surface area contributed by atoms with Gasteiger partial charge in [0.15, 0.2) is 0 Å². The summed E-state index contributed by atoms with van der Waals surface area (Å²) in [5, 5.41) is 12.3. The molecule has 4 nitrogen and oxygen atoms in total. The predicted octanol–water partition coefficient (Wildman–Crippen LogP) is 1.93. The third-order valence-corrected chi connectivity index (χ3v) is 2.67. The Morgan fingerprint density at radius 1 is 1.50 bits per heavy atom. The van der Waals surface area contributed by atoms with Crippen LogP contribution in [0.15, 0.2) is 18.2 Å². The second-order valence-corrected chi connectivity index (χ2v) is 4.44. The van der Waals surface area contributed by atoms with Crippen LogP contribution in [0.5, 0.6) is 5.75 Å². The molecule has 1 unspecified atom stereocenters. The molecule has 0 aliphatic carbocycles. The Morgan fingerprint density at radius 3 is 2.67 bits per heavy atom. The molecule has 1 rings (SSSR count). The molecule has 0 aliphatic heterocycles. The topological polar surface area (TPSA) is 58.6 Å². The van der Waals surface area contributed by atoms with Gasteiger partial charge >= 0.3 is 0 Å². The maximum Gasteiger partial charge on any atom is 0.255 e. The van der Waals surface area contributed by atoms with Crippen LogP contribution in [0.2, 0.25) is 0 Å². The number of carbonyl (C=O) groups excluding carboxylic acids is 1. The maximum atomic E-state index is 12.8. The molecule has 0 aromatic heterocycles. The number of halogens is 1. The zero-order valence-electron chi connectivity index (χ0n) is 10.7. The molecule has 1 atom stereocenters. The number of hydrogen-bond donors (Lipinski definition) is 2. The Bertz CT molecular complexity index is 421. The van der Waals surface area contributed by atoms with E-state index in [1.165, 1.54) is 6.07 Å². The van der Waals surface area contributed by atoms with Crippen molar-refractivity contribution >= 4 is 5.91 Å². The first-order valence-corrected chi connectivity index (χ1v) is 5.74. The normalized spacial score (nSPS) is 12.5. The highest BCUT2D eigenvalue weighted by Gasteiger charge is 2.19. The summed E-state index contributed by atoms with van der Waals surface area (Å²) in [5.41, 5.74) is 0.0538. The number of methoxy groups -OCH3 is 1. The van der Waals surface area contributed by atoms with Crippen LogP contribution in [-0.4, -0.2) is 30.8 Å². The highest BCUT2D eigenvalue weighted by atomic mass is 19.1. The van der Waals surface area contributed by atoms with Crippen LogP contribution in [0.4, 0.5) is 4.39 Å². The molecule has 0 heterocycles. The molecular weight excluding hydrogens is 237 g/mol. The van der Waals surface area contributed by atoms with Gasteiger partial charge in [-0.1, -0.05) is 13.8 Å². The lowest BCUT2D eigenvalue weighted by atomic mass is 10.0. The molecule has 0 bridgehead atoms. The lowest BCUT2D eigenvalue weighted by molar-refractivity contribution is 0.0864. The summed E-state index contributed by atoms with van der Waals surface area (Å²) < 4.78 is 17.8. The van der Waals surface area contributed by atoms with Crippen molar-refractivity contribution in [3.63, 3.8) is 0 Å². The number of phenolic OH excluding ortho intramolecular Hbond substituents is 1. The van der Waals surface area contributed by atoms with Crippen molar-refractivity contribution in [3.8, 4) is 5.75 Å². The molecule has 18 heavy (non-hydrogen) atoms. The van der Waals surface area contributed by atoms with Crippen molar-refractivity contribution in [2.45, 2.75) is 19.9 Å². The fraction of sp³-hybridized carbons (Fsp3) is 0.462. The molecule has 0 aliphatic rings. The predicted molar refractivity (Wildman–Crippen MR) is 66.0 cm³/mol. The van der Waals surface area contributed by atoms with E-state index in [2.05, 4.69) is 5.32 Å². The van der Waals surface area contributed by atoms with E-state index >= 15 is 0 Å². The molecule has 0 radical (unpaired) electrons. The summed E-state index contributed by atoms with van der Waals surface area (Å²) >= 11 is 0. The van der Waals surface area contributed by atoms with E-state index in [1.807, 2.05) is 13.8 Å². The van der Waals surface area contributed by atoms with Crippen LogP contribution in [-0.2, 0) is 4.74 Å². The molecular formula is C13H18FNO3. The highest BCUT2D eigenvalue weighted by molar-refractivity contribution is 5.96. The Labute approximate surface area is 106 Å². The summed E-state index contributed by atoms with van der Waals surface area (Å²) in [7, 11) is 1.55. The SMILES string of the molecule is COCC(NC(=O)c1ccc(F)cc1O)C(C)C. The van der Waals surface area contributed by atoms with E-state index in [9.17, 15) is 14.3 Å². The lowest BCUT2D eigenvalue weighted by Gasteiger charge is -2.21. The fourth-order valence-corrected chi connectivity index (χ4v) is 1.52. The van der Waals surface area contributed by atoms with Gasteiger partial charge in [0.1, 0.15) is 11.6 Å². The number of amides is 1. The highest BCUT2D eigenvalue weighted by Crippen LogP contribution is 2.18. The second kappa shape index (κ2) is 6.35. The van der Waals surface area contributed by atoms with Crippen molar-refractivity contribution in [3.05, 3.63) is 29.6 Å². The minimum absolute atomic E-state index is 0.0538. The largest absolute Gasteiger partial charge is 0.507 e. The molecule has 0 fully saturated rings. The van der Waals surface area contributed by atoms with Gasteiger partial charge in [0, 0.05) is 13.2 Å². The number of rotatable bonds is 5. The number of phenols is 1. The van der Waals surface area contributed by atoms with Crippen molar-refractivity contribution in [1.82, 2.24) is 5.32 Å². The fourth-order valence-electron chi connectivity index (χ4n) is 1.52. The number of aromatic hydroxyl groups is 1.